The van der Waals surface area contributed by atoms with Crippen LogP contribution in [0, 0.1) is 0 Å². The first-order valence-electron chi connectivity index (χ1n) is 22.7. The Labute approximate surface area is 383 Å². The third-order valence-corrected chi connectivity index (χ3v) is 13.5. The van der Waals surface area contributed by atoms with Crippen LogP contribution in [0.15, 0.2) is 255 Å². The zero-order chi connectivity index (χ0) is 43.6. The average Bonchev–Trinajstić information content (AvgIpc) is 3.92. The summed E-state index contributed by atoms with van der Waals surface area (Å²) >= 11 is 0. The number of hydrogen-bond acceptors (Lipinski definition) is 0. The van der Waals surface area contributed by atoms with Crippen LogP contribution in [-0.2, 0) is 0 Å². The minimum Gasteiger partial charge on any atom is -0.307 e. The molecule has 0 saturated heterocycles. The molecule has 66 heavy (non-hydrogen) atoms. The summed E-state index contributed by atoms with van der Waals surface area (Å²) in [5, 5.41) is 7.41. The van der Waals surface area contributed by atoms with Crippen LogP contribution in [0.2, 0.25) is 0 Å². The summed E-state index contributed by atoms with van der Waals surface area (Å²) in [6, 6.07) is 93.3. The van der Waals surface area contributed by atoms with Gasteiger partial charge in [0, 0.05) is 27.2 Å². The first-order valence-corrected chi connectivity index (χ1v) is 22.7. The van der Waals surface area contributed by atoms with Gasteiger partial charge in [-0.25, -0.2) is 0 Å². The molecule has 0 aliphatic heterocycles. The largest absolute Gasteiger partial charge is 0.307 e. The summed E-state index contributed by atoms with van der Waals surface area (Å²) in [7, 11) is 0. The molecule has 308 valence electrons. The molecular weight excluding hydrogens is 797 g/mol. The topological polar surface area (TPSA) is 9.86 Å². The van der Waals surface area contributed by atoms with E-state index in [-0.39, 0.29) is 0 Å². The summed E-state index contributed by atoms with van der Waals surface area (Å²) in [5.74, 6) is 0. The monoisotopic (exact) mass is 838 g/mol. The molecule has 2 heteroatoms. The van der Waals surface area contributed by atoms with E-state index in [1.165, 1.54) is 110 Å². The Bertz CT molecular complexity index is 3970. The highest BCUT2D eigenvalue weighted by molar-refractivity contribution is 6.18. The maximum atomic E-state index is 2.49. The predicted molar refractivity (Wildman–Crippen MR) is 280 cm³/mol. The Hall–Kier alpha value is -8.72. The van der Waals surface area contributed by atoms with Gasteiger partial charge in [0.2, 0.25) is 0 Å². The van der Waals surface area contributed by atoms with Gasteiger partial charge in [-0.3, -0.25) is 0 Å². The molecule has 0 bridgehead atoms. The van der Waals surface area contributed by atoms with Gasteiger partial charge in [0.05, 0.1) is 27.8 Å². The Morgan fingerprint density at radius 3 is 1.50 bits per heavy atom. The summed E-state index contributed by atoms with van der Waals surface area (Å²) in [5.41, 5.74) is 19.0. The van der Waals surface area contributed by atoms with Gasteiger partial charge in [-0.15, -0.1) is 0 Å². The van der Waals surface area contributed by atoms with Gasteiger partial charge in [0.1, 0.15) is 0 Å². The fraction of sp³-hybridized carbons (Fsp3) is 0. The number of fused-ring (bicyclic) bond motifs is 7. The molecule has 0 saturated carbocycles. The van der Waals surface area contributed by atoms with Crippen molar-refractivity contribution in [1.82, 2.24) is 9.13 Å². The van der Waals surface area contributed by atoms with E-state index in [0.29, 0.717) is 0 Å². The molecular formula is C64H42N2. The molecule has 0 unspecified atom stereocenters. The summed E-state index contributed by atoms with van der Waals surface area (Å²) in [4.78, 5) is 0. The van der Waals surface area contributed by atoms with Gasteiger partial charge in [0.25, 0.3) is 0 Å². The highest BCUT2D eigenvalue weighted by Crippen LogP contribution is 2.44. The fourth-order valence-corrected chi connectivity index (χ4v) is 10.4. The van der Waals surface area contributed by atoms with Gasteiger partial charge in [-0.1, -0.05) is 188 Å². The molecule has 2 aromatic heterocycles. The van der Waals surface area contributed by atoms with Crippen molar-refractivity contribution in [2.24, 2.45) is 0 Å². The number of rotatable bonds is 7. The molecule has 2 nitrogen and oxygen atoms in total. The smallest absolute Gasteiger partial charge is 0.0782 e. The number of aromatic nitrogens is 2. The van der Waals surface area contributed by atoms with E-state index in [4.69, 9.17) is 0 Å². The van der Waals surface area contributed by atoms with Crippen molar-refractivity contribution in [3.63, 3.8) is 0 Å². The number of benzene rings is 11. The Balaban J connectivity index is 1.02. The van der Waals surface area contributed by atoms with Crippen LogP contribution >= 0.6 is 0 Å². The maximum Gasteiger partial charge on any atom is 0.0782 e. The lowest BCUT2D eigenvalue weighted by Crippen LogP contribution is -2.00. The van der Waals surface area contributed by atoms with Crippen LogP contribution in [0.5, 0.6) is 0 Å². The zero-order valence-corrected chi connectivity index (χ0v) is 36.1. The van der Waals surface area contributed by atoms with Crippen molar-refractivity contribution in [1.29, 1.82) is 0 Å². The molecule has 0 aliphatic rings. The van der Waals surface area contributed by atoms with Gasteiger partial charge >= 0.3 is 0 Å². The van der Waals surface area contributed by atoms with Crippen molar-refractivity contribution in [2.75, 3.05) is 0 Å². The molecule has 0 atom stereocenters. The quantitative estimate of drug-likeness (QED) is 0.151. The lowest BCUT2D eigenvalue weighted by molar-refractivity contribution is 1.13. The normalized spacial score (nSPS) is 11.6. The molecule has 2 heterocycles. The molecule has 0 radical (unpaired) electrons. The van der Waals surface area contributed by atoms with Gasteiger partial charge in [-0.2, -0.15) is 0 Å². The second kappa shape index (κ2) is 15.5. The molecule has 13 aromatic rings. The van der Waals surface area contributed by atoms with Gasteiger partial charge < -0.3 is 9.13 Å². The van der Waals surface area contributed by atoms with E-state index in [2.05, 4.69) is 264 Å². The van der Waals surface area contributed by atoms with Crippen molar-refractivity contribution in [3.8, 4) is 67.0 Å². The SMILES string of the molecule is c1ccc(-c2cccc(-c3ccc(-c4cc(-c5ccc6ccccc6c5)cc(-c5cccc6c5c5ccccc5n6-c5cccc6c7ccccc7n(-c7ccccc7)c56)c4)cc3)c2)cc1. The van der Waals surface area contributed by atoms with Crippen LogP contribution in [0.1, 0.15) is 0 Å². The molecule has 0 fully saturated rings. The summed E-state index contributed by atoms with van der Waals surface area (Å²) < 4.78 is 4.93. The van der Waals surface area contributed by atoms with E-state index in [1.807, 2.05) is 0 Å². The van der Waals surface area contributed by atoms with Crippen LogP contribution in [0.4, 0.5) is 0 Å². The third kappa shape index (κ3) is 6.26. The van der Waals surface area contributed by atoms with Crippen molar-refractivity contribution >= 4 is 54.4 Å². The number of para-hydroxylation sites is 4. The van der Waals surface area contributed by atoms with E-state index in [9.17, 15) is 0 Å². The lowest BCUT2D eigenvalue weighted by atomic mass is 9.90. The Morgan fingerprint density at radius 1 is 0.242 bits per heavy atom. The minimum atomic E-state index is 1.14. The van der Waals surface area contributed by atoms with Crippen molar-refractivity contribution in [3.05, 3.63) is 255 Å². The molecule has 0 N–H and O–H groups in total. The van der Waals surface area contributed by atoms with Crippen molar-refractivity contribution in [2.45, 2.75) is 0 Å². The molecule has 0 amide bonds. The van der Waals surface area contributed by atoms with E-state index in [1.54, 1.807) is 0 Å². The standard InChI is InChI=1S/C64H42N2/c1-3-16-43(17-4-1)48-20-13-21-49(38-48)45-32-34-46(35-33-45)51-40-52(50-37-36-44-18-7-8-19-47(44)39-50)42-53(41-51)55-26-14-30-61-63(55)58-25-10-12-29-60(58)66(61)62-31-15-27-57-56-24-9-11-28-59(56)65(64(57)62)54-22-5-2-6-23-54/h1-42H. The average molecular weight is 839 g/mol. The summed E-state index contributed by atoms with van der Waals surface area (Å²) in [6.45, 7) is 0. The first-order chi connectivity index (χ1) is 32.7. The van der Waals surface area contributed by atoms with Crippen LogP contribution in [0.3, 0.4) is 0 Å². The molecule has 13 rings (SSSR count). The van der Waals surface area contributed by atoms with Gasteiger partial charge in [-0.05, 0) is 133 Å². The van der Waals surface area contributed by atoms with Crippen molar-refractivity contribution < 1.29 is 0 Å². The fourth-order valence-electron chi connectivity index (χ4n) is 10.4. The zero-order valence-electron chi connectivity index (χ0n) is 36.1. The third-order valence-electron chi connectivity index (χ3n) is 13.5. The van der Waals surface area contributed by atoms with Crippen LogP contribution in [0.25, 0.3) is 121 Å². The maximum absolute atomic E-state index is 2.49. The molecule has 0 spiro atoms. The predicted octanol–water partition coefficient (Wildman–Crippen LogP) is 17.4. The second-order valence-corrected chi connectivity index (χ2v) is 17.3. The van der Waals surface area contributed by atoms with Gasteiger partial charge in [0.15, 0.2) is 0 Å². The van der Waals surface area contributed by atoms with E-state index in [0.717, 1.165) is 11.4 Å². The molecule has 11 aromatic carbocycles. The Morgan fingerprint density at radius 2 is 0.727 bits per heavy atom. The van der Waals surface area contributed by atoms with E-state index >= 15 is 0 Å². The first kappa shape index (κ1) is 37.8. The lowest BCUT2D eigenvalue weighted by Gasteiger charge is -2.15. The molecule has 0 aliphatic carbocycles. The second-order valence-electron chi connectivity index (χ2n) is 17.3. The highest BCUT2D eigenvalue weighted by Gasteiger charge is 2.22. The minimum absolute atomic E-state index is 1.14. The van der Waals surface area contributed by atoms with E-state index < -0.39 is 0 Å². The number of nitrogens with zero attached hydrogens (tertiary/aromatic N) is 2. The number of hydrogen-bond donors (Lipinski definition) is 0. The van der Waals surface area contributed by atoms with Crippen LogP contribution < -0.4 is 0 Å². The highest BCUT2D eigenvalue weighted by atomic mass is 15.1. The Kier molecular flexibility index (Phi) is 8.89. The van der Waals surface area contributed by atoms with Crippen LogP contribution in [-0.4, -0.2) is 9.13 Å². The summed E-state index contributed by atoms with van der Waals surface area (Å²) in [6.07, 6.45) is 0.